The minimum absolute atomic E-state index is 0.461. The minimum atomic E-state index is 0.461. The third-order valence-corrected chi connectivity index (χ3v) is 1.85. The summed E-state index contributed by atoms with van der Waals surface area (Å²) in [5, 5.41) is 0. The van der Waals surface area contributed by atoms with Crippen LogP contribution < -0.4 is 9.47 Å². The maximum atomic E-state index is 5.46. The monoisotopic (exact) mass is 200 g/mol. The molecule has 1 radical (unpaired) electrons. The van der Waals surface area contributed by atoms with E-state index in [2.05, 4.69) is 11.1 Å². The van der Waals surface area contributed by atoms with Gasteiger partial charge in [0.1, 0.15) is 11.5 Å². The van der Waals surface area contributed by atoms with Crippen LogP contribution in [0.2, 0.25) is 0 Å². The molecule has 0 atom stereocenters. The summed E-state index contributed by atoms with van der Waals surface area (Å²) < 4.78 is 10.5. The number of hydrogen-bond donors (Lipinski definition) is 0. The second-order valence-corrected chi connectivity index (χ2v) is 2.86. The fourth-order valence-electron chi connectivity index (χ4n) is 1.12. The van der Waals surface area contributed by atoms with Crippen molar-refractivity contribution >= 4 is 0 Å². The molecule has 0 saturated heterocycles. The molecule has 2 aromatic rings. The van der Waals surface area contributed by atoms with Crippen LogP contribution >= 0.6 is 0 Å². The van der Waals surface area contributed by atoms with Crippen molar-refractivity contribution < 1.29 is 9.47 Å². The first-order chi connectivity index (χ1) is 7.38. The van der Waals surface area contributed by atoms with Gasteiger partial charge in [-0.1, -0.05) is 0 Å². The molecule has 0 amide bonds. The van der Waals surface area contributed by atoms with Crippen LogP contribution in [0.3, 0.4) is 0 Å². The third-order valence-electron chi connectivity index (χ3n) is 1.85. The van der Waals surface area contributed by atoms with Crippen LogP contribution in [0.5, 0.6) is 17.4 Å². The first-order valence-electron chi connectivity index (χ1n) is 4.53. The van der Waals surface area contributed by atoms with Gasteiger partial charge in [0, 0.05) is 12.3 Å². The Balaban J connectivity index is 2.11. The molecule has 3 heteroatoms. The van der Waals surface area contributed by atoms with Gasteiger partial charge in [-0.05, 0) is 36.4 Å². The van der Waals surface area contributed by atoms with Gasteiger partial charge in [-0.2, -0.15) is 0 Å². The molecule has 0 unspecified atom stereocenters. The molecule has 0 aliphatic rings. The van der Waals surface area contributed by atoms with Crippen molar-refractivity contribution in [2.45, 2.75) is 0 Å². The Morgan fingerprint density at radius 1 is 1.13 bits per heavy atom. The summed E-state index contributed by atoms with van der Waals surface area (Å²) in [5.74, 6) is 1.97. The van der Waals surface area contributed by atoms with E-state index in [4.69, 9.17) is 9.47 Å². The molecule has 1 aromatic carbocycles. The molecule has 3 nitrogen and oxygen atoms in total. The standard InChI is InChI=1S/C12H10NO2/c1-14-10-5-7-11(8-6-10)15-12-4-2-3-9-13-12/h2-3,5-9H,1H3. The molecule has 0 N–H and O–H groups in total. The van der Waals surface area contributed by atoms with Crippen molar-refractivity contribution in [2.75, 3.05) is 7.11 Å². The van der Waals surface area contributed by atoms with E-state index in [1.54, 1.807) is 25.4 Å². The second-order valence-electron chi connectivity index (χ2n) is 2.86. The van der Waals surface area contributed by atoms with Gasteiger partial charge in [-0.25, -0.2) is 4.98 Å². The largest absolute Gasteiger partial charge is 0.497 e. The summed E-state index contributed by atoms with van der Waals surface area (Å²) in [4.78, 5) is 4.01. The summed E-state index contributed by atoms with van der Waals surface area (Å²) in [7, 11) is 1.63. The zero-order valence-electron chi connectivity index (χ0n) is 8.31. The van der Waals surface area contributed by atoms with Gasteiger partial charge in [-0.3, -0.25) is 0 Å². The molecule has 0 bridgehead atoms. The molecule has 75 valence electrons. The number of hydrogen-bond acceptors (Lipinski definition) is 3. The molecular weight excluding hydrogens is 190 g/mol. The molecule has 0 aliphatic heterocycles. The number of rotatable bonds is 3. The smallest absolute Gasteiger partial charge is 0.227 e. The molecule has 1 heterocycles. The van der Waals surface area contributed by atoms with Gasteiger partial charge >= 0.3 is 0 Å². The normalized spacial score (nSPS) is 9.67. The van der Waals surface area contributed by atoms with Crippen molar-refractivity contribution in [3.63, 3.8) is 0 Å². The van der Waals surface area contributed by atoms with Gasteiger partial charge in [-0.15, -0.1) is 0 Å². The number of benzene rings is 1. The second kappa shape index (κ2) is 4.46. The Morgan fingerprint density at radius 3 is 2.47 bits per heavy atom. The van der Waals surface area contributed by atoms with Crippen molar-refractivity contribution in [2.24, 2.45) is 0 Å². The number of pyridine rings is 1. The zero-order chi connectivity index (χ0) is 10.5. The molecule has 15 heavy (non-hydrogen) atoms. The van der Waals surface area contributed by atoms with E-state index in [-0.39, 0.29) is 0 Å². The summed E-state index contributed by atoms with van der Waals surface area (Å²) in [5.41, 5.74) is 0. The Bertz CT molecular complexity index is 411. The maximum absolute atomic E-state index is 5.46. The first-order valence-corrected chi connectivity index (χ1v) is 4.53. The lowest BCUT2D eigenvalue weighted by Gasteiger charge is -2.04. The topological polar surface area (TPSA) is 31.4 Å². The van der Waals surface area contributed by atoms with E-state index in [1.165, 1.54) is 0 Å². The van der Waals surface area contributed by atoms with E-state index in [1.807, 2.05) is 24.3 Å². The lowest BCUT2D eigenvalue weighted by atomic mass is 10.3. The summed E-state index contributed by atoms with van der Waals surface area (Å²) in [6.07, 6.45) is 1.66. The molecule has 0 saturated carbocycles. The third kappa shape index (κ3) is 2.47. The van der Waals surface area contributed by atoms with E-state index in [9.17, 15) is 0 Å². The van der Waals surface area contributed by atoms with Gasteiger partial charge < -0.3 is 9.47 Å². The molecule has 0 fully saturated rings. The van der Waals surface area contributed by atoms with Crippen molar-refractivity contribution in [1.82, 2.24) is 4.98 Å². The Labute approximate surface area is 88.3 Å². The Hall–Kier alpha value is -2.03. The zero-order valence-corrected chi connectivity index (χ0v) is 8.31. The predicted molar refractivity (Wildman–Crippen MR) is 56.1 cm³/mol. The first kappa shape index (κ1) is 9.52. The van der Waals surface area contributed by atoms with Crippen molar-refractivity contribution in [1.29, 1.82) is 0 Å². The van der Waals surface area contributed by atoms with Crippen LogP contribution in [0.4, 0.5) is 0 Å². The quantitative estimate of drug-likeness (QED) is 0.763. The highest BCUT2D eigenvalue weighted by atomic mass is 16.5. The van der Waals surface area contributed by atoms with Crippen LogP contribution in [0.1, 0.15) is 0 Å². The average Bonchev–Trinajstić information content (AvgIpc) is 2.31. The molecule has 0 aliphatic carbocycles. The van der Waals surface area contributed by atoms with Crippen LogP contribution in [0, 0.1) is 6.07 Å². The predicted octanol–water partition coefficient (Wildman–Crippen LogP) is 2.68. The summed E-state index contributed by atoms with van der Waals surface area (Å²) in [6, 6.07) is 13.7. The van der Waals surface area contributed by atoms with Crippen LogP contribution in [-0.2, 0) is 0 Å². The minimum Gasteiger partial charge on any atom is -0.497 e. The molecule has 0 spiro atoms. The fraction of sp³-hybridized carbons (Fsp3) is 0.0833. The maximum Gasteiger partial charge on any atom is 0.227 e. The van der Waals surface area contributed by atoms with Gasteiger partial charge in [0.15, 0.2) is 0 Å². The summed E-state index contributed by atoms with van der Waals surface area (Å²) >= 11 is 0. The average molecular weight is 200 g/mol. The van der Waals surface area contributed by atoms with E-state index < -0.39 is 0 Å². The fourth-order valence-corrected chi connectivity index (χ4v) is 1.12. The molecule has 1 aromatic heterocycles. The molecular formula is C12H10NO2. The highest BCUT2D eigenvalue weighted by Gasteiger charge is 1.97. The Morgan fingerprint density at radius 2 is 1.87 bits per heavy atom. The number of ether oxygens (including phenoxy) is 2. The number of methoxy groups -OCH3 is 1. The van der Waals surface area contributed by atoms with Crippen molar-refractivity contribution in [3.05, 3.63) is 48.7 Å². The SMILES string of the molecule is COc1ccc(Oc2[c]cccn2)cc1. The van der Waals surface area contributed by atoms with Gasteiger partial charge in [0.25, 0.3) is 0 Å². The highest BCUT2D eigenvalue weighted by molar-refractivity contribution is 5.33. The number of aromatic nitrogens is 1. The number of nitrogens with zero attached hydrogens (tertiary/aromatic N) is 1. The van der Waals surface area contributed by atoms with E-state index >= 15 is 0 Å². The highest BCUT2D eigenvalue weighted by Crippen LogP contribution is 2.21. The molecule has 2 rings (SSSR count). The van der Waals surface area contributed by atoms with Crippen LogP contribution in [0.15, 0.2) is 42.6 Å². The lowest BCUT2D eigenvalue weighted by Crippen LogP contribution is -1.87. The van der Waals surface area contributed by atoms with Crippen LogP contribution in [0.25, 0.3) is 0 Å². The van der Waals surface area contributed by atoms with E-state index in [0.29, 0.717) is 11.6 Å². The van der Waals surface area contributed by atoms with Gasteiger partial charge in [0.2, 0.25) is 5.88 Å². The van der Waals surface area contributed by atoms with E-state index in [0.717, 1.165) is 5.75 Å². The summed E-state index contributed by atoms with van der Waals surface area (Å²) in [6.45, 7) is 0. The van der Waals surface area contributed by atoms with Gasteiger partial charge in [0.05, 0.1) is 7.11 Å². The lowest BCUT2D eigenvalue weighted by molar-refractivity contribution is 0.412. The van der Waals surface area contributed by atoms with Crippen molar-refractivity contribution in [3.8, 4) is 17.4 Å². The van der Waals surface area contributed by atoms with Crippen LogP contribution in [-0.4, -0.2) is 12.1 Å². The Kier molecular flexibility index (Phi) is 2.83.